The predicted molar refractivity (Wildman–Crippen MR) is 79.8 cm³/mol. The Labute approximate surface area is 126 Å². The molecular formula is C16H16FN3O2. The zero-order valence-electron chi connectivity index (χ0n) is 12.3. The summed E-state index contributed by atoms with van der Waals surface area (Å²) < 4.78 is 18.3. The maximum absolute atomic E-state index is 13.3. The number of fused-ring (bicyclic) bond motifs is 1. The zero-order valence-corrected chi connectivity index (χ0v) is 12.3. The summed E-state index contributed by atoms with van der Waals surface area (Å²) >= 11 is 0. The van der Waals surface area contributed by atoms with Crippen molar-refractivity contribution in [3.8, 4) is 0 Å². The van der Waals surface area contributed by atoms with Crippen LogP contribution in [0.25, 0.3) is 10.9 Å². The second-order valence-electron chi connectivity index (χ2n) is 5.42. The van der Waals surface area contributed by atoms with Gasteiger partial charge in [0.1, 0.15) is 11.5 Å². The lowest BCUT2D eigenvalue weighted by Crippen LogP contribution is -2.36. The molecule has 0 saturated carbocycles. The number of hydrogen-bond acceptors (Lipinski definition) is 3. The Hall–Kier alpha value is -2.63. The fourth-order valence-corrected chi connectivity index (χ4v) is 2.35. The minimum Gasteiger partial charge on any atom is -0.360 e. The van der Waals surface area contributed by atoms with E-state index in [1.54, 1.807) is 29.3 Å². The van der Waals surface area contributed by atoms with E-state index in [-0.39, 0.29) is 17.8 Å². The fourth-order valence-electron chi connectivity index (χ4n) is 2.35. The van der Waals surface area contributed by atoms with Gasteiger partial charge in [-0.2, -0.15) is 0 Å². The number of benzene rings is 1. The van der Waals surface area contributed by atoms with Gasteiger partial charge in [-0.3, -0.25) is 4.79 Å². The average Bonchev–Trinajstić information content (AvgIpc) is 3.12. The normalized spacial score (nSPS) is 11.3. The van der Waals surface area contributed by atoms with Crippen molar-refractivity contribution in [3.63, 3.8) is 0 Å². The third kappa shape index (κ3) is 2.72. The van der Waals surface area contributed by atoms with Crippen LogP contribution in [-0.4, -0.2) is 27.0 Å². The summed E-state index contributed by atoms with van der Waals surface area (Å²) in [5.74, 6) is 0.114. The van der Waals surface area contributed by atoms with Gasteiger partial charge in [-0.05, 0) is 38.1 Å². The third-order valence-corrected chi connectivity index (χ3v) is 3.52. The van der Waals surface area contributed by atoms with E-state index in [0.717, 1.165) is 5.39 Å². The lowest BCUT2D eigenvalue weighted by atomic mass is 10.2. The average molecular weight is 301 g/mol. The van der Waals surface area contributed by atoms with Crippen LogP contribution in [0.3, 0.4) is 0 Å². The number of hydrogen-bond donors (Lipinski definition) is 1. The molecule has 0 atom stereocenters. The molecule has 22 heavy (non-hydrogen) atoms. The van der Waals surface area contributed by atoms with Crippen LogP contribution in [0.5, 0.6) is 0 Å². The van der Waals surface area contributed by atoms with E-state index in [2.05, 4.69) is 10.1 Å². The third-order valence-electron chi connectivity index (χ3n) is 3.52. The highest BCUT2D eigenvalue weighted by atomic mass is 19.1. The Morgan fingerprint density at radius 3 is 2.86 bits per heavy atom. The number of halogens is 1. The Balaban J connectivity index is 1.91. The molecule has 3 rings (SSSR count). The smallest absolute Gasteiger partial charge is 0.270 e. The largest absolute Gasteiger partial charge is 0.360 e. The number of carbonyl (C=O) groups is 1. The van der Waals surface area contributed by atoms with Crippen LogP contribution in [0.15, 0.2) is 41.1 Å². The quantitative estimate of drug-likeness (QED) is 0.804. The molecule has 0 unspecified atom stereocenters. The molecule has 5 nitrogen and oxygen atoms in total. The molecule has 0 saturated heterocycles. The molecule has 6 heteroatoms. The lowest BCUT2D eigenvalue weighted by molar-refractivity contribution is 0.0666. The van der Waals surface area contributed by atoms with E-state index in [4.69, 9.17) is 4.52 Å². The Bertz CT molecular complexity index is 793. The van der Waals surface area contributed by atoms with Gasteiger partial charge >= 0.3 is 0 Å². The van der Waals surface area contributed by atoms with Crippen molar-refractivity contribution in [2.24, 2.45) is 0 Å². The van der Waals surface area contributed by atoms with E-state index >= 15 is 0 Å². The molecule has 114 valence electrons. The molecule has 0 aliphatic carbocycles. The first-order valence-electron chi connectivity index (χ1n) is 7.03. The zero-order chi connectivity index (χ0) is 15.7. The van der Waals surface area contributed by atoms with Gasteiger partial charge < -0.3 is 14.4 Å². The number of aromatic nitrogens is 2. The highest BCUT2D eigenvalue weighted by molar-refractivity contribution is 5.98. The summed E-state index contributed by atoms with van der Waals surface area (Å²) in [6.45, 7) is 4.19. The number of carbonyl (C=O) groups excluding carboxylic acids is 1. The molecule has 0 fully saturated rings. The molecule has 0 spiro atoms. The van der Waals surface area contributed by atoms with Crippen LogP contribution in [0.2, 0.25) is 0 Å². The van der Waals surface area contributed by atoms with Crippen LogP contribution < -0.4 is 0 Å². The van der Waals surface area contributed by atoms with Gasteiger partial charge in [0.25, 0.3) is 5.91 Å². The van der Waals surface area contributed by atoms with Gasteiger partial charge in [0.15, 0.2) is 5.76 Å². The summed E-state index contributed by atoms with van der Waals surface area (Å²) in [5.41, 5.74) is 1.03. The minimum absolute atomic E-state index is 0.0132. The van der Waals surface area contributed by atoms with E-state index in [1.807, 2.05) is 13.8 Å². The number of aromatic amines is 1. The van der Waals surface area contributed by atoms with E-state index in [1.165, 1.54) is 12.1 Å². The van der Waals surface area contributed by atoms with Gasteiger partial charge in [0, 0.05) is 23.0 Å². The molecule has 0 aliphatic heterocycles. The van der Waals surface area contributed by atoms with Crippen molar-refractivity contribution in [3.05, 3.63) is 53.8 Å². The Morgan fingerprint density at radius 2 is 2.18 bits per heavy atom. The van der Waals surface area contributed by atoms with Crippen LogP contribution in [0.4, 0.5) is 4.39 Å². The molecular weight excluding hydrogens is 285 g/mol. The minimum atomic E-state index is -0.337. The SMILES string of the molecule is CC(C)N(Cc1ccno1)C(=O)c1cc2ccc(F)cc2[nH]1. The number of H-pyrrole nitrogens is 1. The van der Waals surface area contributed by atoms with Crippen molar-refractivity contribution in [2.75, 3.05) is 0 Å². The summed E-state index contributed by atoms with van der Waals surface area (Å²) in [5, 5.41) is 4.45. The molecule has 1 amide bonds. The topological polar surface area (TPSA) is 62.1 Å². The monoisotopic (exact) mass is 301 g/mol. The van der Waals surface area contributed by atoms with Gasteiger partial charge in [-0.1, -0.05) is 5.16 Å². The summed E-state index contributed by atoms with van der Waals surface area (Å²) in [6.07, 6.45) is 1.55. The van der Waals surface area contributed by atoms with E-state index in [9.17, 15) is 9.18 Å². The van der Waals surface area contributed by atoms with Crippen molar-refractivity contribution >= 4 is 16.8 Å². The maximum Gasteiger partial charge on any atom is 0.270 e. The lowest BCUT2D eigenvalue weighted by Gasteiger charge is -2.25. The molecule has 0 aliphatic rings. The standard InChI is InChI=1S/C16H16FN3O2/c1-10(2)20(9-13-5-6-18-22-13)16(21)15-7-11-3-4-12(17)8-14(11)19-15/h3-8,10,19H,9H2,1-2H3. The van der Waals surface area contributed by atoms with Crippen LogP contribution >= 0.6 is 0 Å². The second kappa shape index (κ2) is 5.63. The highest BCUT2D eigenvalue weighted by Crippen LogP contribution is 2.19. The first-order valence-corrected chi connectivity index (χ1v) is 7.03. The van der Waals surface area contributed by atoms with Crippen molar-refractivity contribution < 1.29 is 13.7 Å². The van der Waals surface area contributed by atoms with E-state index < -0.39 is 0 Å². The van der Waals surface area contributed by atoms with Gasteiger partial charge in [-0.15, -0.1) is 0 Å². The molecule has 0 bridgehead atoms. The van der Waals surface area contributed by atoms with Gasteiger partial charge in [0.2, 0.25) is 0 Å². The summed E-state index contributed by atoms with van der Waals surface area (Å²) in [7, 11) is 0. The molecule has 1 aromatic carbocycles. The van der Waals surface area contributed by atoms with Crippen LogP contribution in [0, 0.1) is 5.82 Å². The first-order chi connectivity index (χ1) is 10.5. The molecule has 2 aromatic heterocycles. The van der Waals surface area contributed by atoms with Crippen molar-refractivity contribution in [1.82, 2.24) is 15.0 Å². The highest BCUT2D eigenvalue weighted by Gasteiger charge is 2.22. The van der Waals surface area contributed by atoms with Crippen LogP contribution in [0.1, 0.15) is 30.1 Å². The van der Waals surface area contributed by atoms with Crippen LogP contribution in [-0.2, 0) is 6.54 Å². The number of rotatable bonds is 4. The summed E-state index contributed by atoms with van der Waals surface area (Å²) in [6, 6.07) is 7.84. The molecule has 1 N–H and O–H groups in total. The number of nitrogens with zero attached hydrogens (tertiary/aromatic N) is 2. The predicted octanol–water partition coefficient (Wildman–Crippen LogP) is 3.35. The fraction of sp³-hybridized carbons (Fsp3) is 0.250. The molecule has 0 radical (unpaired) electrons. The van der Waals surface area contributed by atoms with Gasteiger partial charge in [0.05, 0.1) is 12.7 Å². The molecule has 2 heterocycles. The van der Waals surface area contributed by atoms with Crippen molar-refractivity contribution in [2.45, 2.75) is 26.4 Å². The first kappa shape index (κ1) is 14.3. The van der Waals surface area contributed by atoms with E-state index in [0.29, 0.717) is 23.5 Å². The molecule has 3 aromatic rings. The van der Waals surface area contributed by atoms with Gasteiger partial charge in [-0.25, -0.2) is 4.39 Å². The second-order valence-corrected chi connectivity index (χ2v) is 5.42. The maximum atomic E-state index is 13.3. The number of amides is 1. The Morgan fingerprint density at radius 1 is 1.36 bits per heavy atom. The summed E-state index contributed by atoms with van der Waals surface area (Å²) in [4.78, 5) is 17.3. The number of nitrogens with one attached hydrogen (secondary N) is 1. The Kier molecular flexibility index (Phi) is 3.66. The van der Waals surface area contributed by atoms with Crippen molar-refractivity contribution in [1.29, 1.82) is 0 Å².